The molecule has 1 amide bonds. The molecule has 1 atom stereocenters. The van der Waals surface area contributed by atoms with Gasteiger partial charge < -0.3 is 9.64 Å². The Bertz CT molecular complexity index is 797. The minimum atomic E-state index is 0.125. The SMILES string of the molecule is CCN(CC)C(=O)C1CCCN(Cc2cccc(OCc3nc(C)c(C)s3)c2)C1. The smallest absolute Gasteiger partial charge is 0.226 e. The predicted molar refractivity (Wildman–Crippen MR) is 118 cm³/mol. The summed E-state index contributed by atoms with van der Waals surface area (Å²) < 4.78 is 5.98. The Morgan fingerprint density at radius 3 is 2.79 bits per heavy atom. The molecule has 1 saturated heterocycles. The summed E-state index contributed by atoms with van der Waals surface area (Å²) in [5.41, 5.74) is 2.31. The molecule has 1 aliphatic heterocycles. The third-order valence-corrected chi connectivity index (χ3v) is 6.72. The molecule has 2 heterocycles. The monoisotopic (exact) mass is 415 g/mol. The van der Waals surface area contributed by atoms with Gasteiger partial charge in [0.25, 0.3) is 0 Å². The Balaban J connectivity index is 1.57. The van der Waals surface area contributed by atoms with Gasteiger partial charge in [0.2, 0.25) is 5.91 Å². The molecule has 0 spiro atoms. The van der Waals surface area contributed by atoms with E-state index in [1.54, 1.807) is 11.3 Å². The summed E-state index contributed by atoms with van der Waals surface area (Å²) in [6.45, 7) is 13.1. The van der Waals surface area contributed by atoms with Crippen molar-refractivity contribution in [2.75, 3.05) is 26.2 Å². The van der Waals surface area contributed by atoms with Crippen LogP contribution in [0.1, 0.15) is 47.8 Å². The van der Waals surface area contributed by atoms with Gasteiger partial charge in [0.1, 0.15) is 17.4 Å². The van der Waals surface area contributed by atoms with E-state index in [0.29, 0.717) is 12.5 Å². The van der Waals surface area contributed by atoms with Gasteiger partial charge >= 0.3 is 0 Å². The van der Waals surface area contributed by atoms with Gasteiger partial charge in [-0.05, 0) is 64.8 Å². The van der Waals surface area contributed by atoms with Crippen molar-refractivity contribution in [1.82, 2.24) is 14.8 Å². The number of piperidine rings is 1. The van der Waals surface area contributed by atoms with E-state index in [2.05, 4.69) is 42.8 Å². The highest BCUT2D eigenvalue weighted by Gasteiger charge is 2.28. The molecule has 1 unspecified atom stereocenters. The minimum Gasteiger partial charge on any atom is -0.486 e. The lowest BCUT2D eigenvalue weighted by Gasteiger charge is -2.34. The molecule has 1 fully saturated rings. The number of carbonyl (C=O) groups excluding carboxylic acids is 1. The van der Waals surface area contributed by atoms with Gasteiger partial charge in [-0.25, -0.2) is 4.98 Å². The molecule has 2 aromatic rings. The van der Waals surface area contributed by atoms with Crippen molar-refractivity contribution >= 4 is 17.2 Å². The maximum atomic E-state index is 12.7. The number of aromatic nitrogens is 1. The van der Waals surface area contributed by atoms with Crippen LogP contribution in [0.3, 0.4) is 0 Å². The second kappa shape index (κ2) is 10.2. The van der Waals surface area contributed by atoms with Crippen LogP contribution in [-0.2, 0) is 17.9 Å². The molecule has 0 N–H and O–H groups in total. The number of aryl methyl sites for hydroxylation is 2. The second-order valence-electron chi connectivity index (χ2n) is 7.77. The summed E-state index contributed by atoms with van der Waals surface area (Å²) in [5.74, 6) is 1.31. The molecular formula is C23H33N3O2S. The Kier molecular flexibility index (Phi) is 7.67. The van der Waals surface area contributed by atoms with E-state index < -0.39 is 0 Å². The van der Waals surface area contributed by atoms with Gasteiger partial charge in [0.05, 0.1) is 11.6 Å². The first kappa shape index (κ1) is 21.8. The zero-order valence-electron chi connectivity index (χ0n) is 18.1. The lowest BCUT2D eigenvalue weighted by Crippen LogP contribution is -2.44. The average molecular weight is 416 g/mol. The zero-order valence-corrected chi connectivity index (χ0v) is 18.9. The maximum absolute atomic E-state index is 12.7. The number of ether oxygens (including phenoxy) is 1. The third-order valence-electron chi connectivity index (χ3n) is 5.67. The Morgan fingerprint density at radius 2 is 2.10 bits per heavy atom. The lowest BCUT2D eigenvalue weighted by atomic mass is 9.96. The Hall–Kier alpha value is -1.92. The van der Waals surface area contributed by atoms with E-state index in [-0.39, 0.29) is 5.92 Å². The van der Waals surface area contributed by atoms with Crippen molar-refractivity contribution in [1.29, 1.82) is 0 Å². The van der Waals surface area contributed by atoms with Crippen molar-refractivity contribution in [3.63, 3.8) is 0 Å². The summed E-state index contributed by atoms with van der Waals surface area (Å²) >= 11 is 1.69. The normalized spacial score (nSPS) is 17.3. The molecule has 0 saturated carbocycles. The molecule has 3 rings (SSSR count). The van der Waals surface area contributed by atoms with Crippen LogP contribution in [0.25, 0.3) is 0 Å². The summed E-state index contributed by atoms with van der Waals surface area (Å²) in [6, 6.07) is 8.30. The van der Waals surface area contributed by atoms with Crippen LogP contribution in [0.5, 0.6) is 5.75 Å². The molecule has 0 bridgehead atoms. The number of amides is 1. The zero-order chi connectivity index (χ0) is 20.8. The topological polar surface area (TPSA) is 45.7 Å². The lowest BCUT2D eigenvalue weighted by molar-refractivity contribution is -0.137. The fourth-order valence-corrected chi connectivity index (χ4v) is 4.78. The van der Waals surface area contributed by atoms with Gasteiger partial charge in [-0.3, -0.25) is 9.69 Å². The van der Waals surface area contributed by atoms with E-state index in [1.807, 2.05) is 24.0 Å². The quantitative estimate of drug-likeness (QED) is 0.640. The first-order valence-corrected chi connectivity index (χ1v) is 11.5. The molecule has 0 aliphatic carbocycles. The van der Waals surface area contributed by atoms with Gasteiger partial charge in [0.15, 0.2) is 0 Å². The highest BCUT2D eigenvalue weighted by Crippen LogP contribution is 2.23. The van der Waals surface area contributed by atoms with E-state index in [4.69, 9.17) is 4.74 Å². The highest BCUT2D eigenvalue weighted by molar-refractivity contribution is 7.11. The summed E-state index contributed by atoms with van der Waals surface area (Å²) in [4.78, 5) is 22.9. The van der Waals surface area contributed by atoms with Crippen LogP contribution in [0.2, 0.25) is 0 Å². The van der Waals surface area contributed by atoms with E-state index in [0.717, 1.165) is 62.0 Å². The maximum Gasteiger partial charge on any atom is 0.226 e. The highest BCUT2D eigenvalue weighted by atomic mass is 32.1. The predicted octanol–water partition coefficient (Wildman–Crippen LogP) is 4.42. The largest absolute Gasteiger partial charge is 0.486 e. The molecule has 6 heteroatoms. The number of nitrogens with zero attached hydrogens (tertiary/aromatic N) is 3. The van der Waals surface area contributed by atoms with Crippen molar-refractivity contribution < 1.29 is 9.53 Å². The number of hydrogen-bond donors (Lipinski definition) is 0. The van der Waals surface area contributed by atoms with Crippen LogP contribution in [0, 0.1) is 19.8 Å². The molecule has 1 aliphatic rings. The summed E-state index contributed by atoms with van der Waals surface area (Å²) in [5, 5.41) is 1.01. The third kappa shape index (κ3) is 5.80. The van der Waals surface area contributed by atoms with Crippen LogP contribution in [-0.4, -0.2) is 46.9 Å². The van der Waals surface area contributed by atoms with Gasteiger partial charge in [-0.1, -0.05) is 12.1 Å². The van der Waals surface area contributed by atoms with E-state index in [9.17, 15) is 4.79 Å². The standard InChI is InChI=1S/C23H33N3O2S/c1-5-26(6-2)23(27)20-10-8-12-25(15-20)14-19-9-7-11-21(13-19)28-16-22-24-17(3)18(4)29-22/h7,9,11,13,20H,5-6,8,10,12,14-16H2,1-4H3. The van der Waals surface area contributed by atoms with E-state index >= 15 is 0 Å². The molecular weight excluding hydrogens is 382 g/mol. The molecule has 158 valence electrons. The Morgan fingerprint density at radius 1 is 1.31 bits per heavy atom. The van der Waals surface area contributed by atoms with Crippen molar-refractivity contribution in [2.24, 2.45) is 5.92 Å². The van der Waals surface area contributed by atoms with Crippen molar-refractivity contribution in [3.05, 3.63) is 45.4 Å². The molecule has 0 radical (unpaired) electrons. The van der Waals surface area contributed by atoms with Crippen LogP contribution in [0.4, 0.5) is 0 Å². The van der Waals surface area contributed by atoms with Gasteiger partial charge in [0, 0.05) is 31.1 Å². The van der Waals surface area contributed by atoms with Crippen molar-refractivity contribution in [3.8, 4) is 5.75 Å². The molecule has 29 heavy (non-hydrogen) atoms. The molecule has 5 nitrogen and oxygen atoms in total. The first-order valence-electron chi connectivity index (χ1n) is 10.7. The number of likely N-dealkylation sites (tertiary alicyclic amines) is 1. The van der Waals surface area contributed by atoms with Crippen LogP contribution in [0.15, 0.2) is 24.3 Å². The van der Waals surface area contributed by atoms with Crippen LogP contribution >= 0.6 is 11.3 Å². The van der Waals surface area contributed by atoms with Crippen molar-refractivity contribution in [2.45, 2.75) is 53.7 Å². The average Bonchev–Trinajstić information content (AvgIpc) is 3.05. The number of carbonyl (C=O) groups is 1. The number of benzene rings is 1. The fraction of sp³-hybridized carbons (Fsp3) is 0.565. The van der Waals surface area contributed by atoms with Gasteiger partial charge in [-0.2, -0.15) is 0 Å². The minimum absolute atomic E-state index is 0.125. The number of rotatable bonds is 8. The number of thiazole rings is 1. The number of hydrogen-bond acceptors (Lipinski definition) is 5. The second-order valence-corrected chi connectivity index (χ2v) is 9.06. The molecule has 1 aromatic heterocycles. The first-order chi connectivity index (χ1) is 14.0. The molecule has 1 aromatic carbocycles. The summed E-state index contributed by atoms with van der Waals surface area (Å²) in [7, 11) is 0. The van der Waals surface area contributed by atoms with E-state index in [1.165, 1.54) is 10.4 Å². The Labute approximate surface area is 178 Å². The summed E-state index contributed by atoms with van der Waals surface area (Å²) in [6.07, 6.45) is 2.08. The van der Waals surface area contributed by atoms with Crippen LogP contribution < -0.4 is 4.74 Å². The van der Waals surface area contributed by atoms with Gasteiger partial charge in [-0.15, -0.1) is 11.3 Å². The fourth-order valence-electron chi connectivity index (χ4n) is 3.93.